The highest BCUT2D eigenvalue weighted by molar-refractivity contribution is 5.69. The van der Waals surface area contributed by atoms with Gasteiger partial charge < -0.3 is 9.84 Å². The molecule has 4 nitrogen and oxygen atoms in total. The second kappa shape index (κ2) is 37.1. The fraction of sp³-hybridized carbons (Fsp3) is 0.714. The average Bonchev–Trinajstić information content (AvgIpc) is 3.04. The first-order valence-corrected chi connectivity index (χ1v) is 19.3. The van der Waals surface area contributed by atoms with Gasteiger partial charge in [-0.15, -0.1) is 0 Å². The molecule has 4 heteroatoms. The van der Waals surface area contributed by atoms with Gasteiger partial charge in [0.2, 0.25) is 0 Å². The Morgan fingerprint density at radius 1 is 0.500 bits per heavy atom. The van der Waals surface area contributed by atoms with Crippen LogP contribution in [0.1, 0.15) is 187 Å². The van der Waals surface area contributed by atoms with Crippen molar-refractivity contribution in [2.24, 2.45) is 0 Å². The molecule has 0 aromatic rings. The maximum absolute atomic E-state index is 12.6. The highest BCUT2D eigenvalue weighted by atomic mass is 16.5. The molecule has 0 saturated heterocycles. The van der Waals surface area contributed by atoms with Crippen molar-refractivity contribution in [3.63, 3.8) is 0 Å². The van der Waals surface area contributed by atoms with Crippen LogP contribution >= 0.6 is 0 Å². The fourth-order valence-corrected chi connectivity index (χ4v) is 5.45. The van der Waals surface area contributed by atoms with Gasteiger partial charge in [0.1, 0.15) is 6.10 Å². The number of carboxylic acid groups (broad SMARTS) is 1. The number of aliphatic carboxylic acids is 1. The molecule has 1 unspecified atom stereocenters. The summed E-state index contributed by atoms with van der Waals surface area (Å²) in [4.78, 5) is 23.2. The summed E-state index contributed by atoms with van der Waals surface area (Å²) < 4.78 is 5.98. The lowest BCUT2D eigenvalue weighted by Crippen LogP contribution is -2.18. The summed E-state index contributed by atoms with van der Waals surface area (Å²) in [6.07, 6.45) is 51.1. The van der Waals surface area contributed by atoms with E-state index in [0.29, 0.717) is 12.8 Å². The van der Waals surface area contributed by atoms with Gasteiger partial charge in [0.25, 0.3) is 0 Å². The Kier molecular flexibility index (Phi) is 35.2. The third-order valence-electron chi connectivity index (χ3n) is 8.25. The topological polar surface area (TPSA) is 63.6 Å². The zero-order chi connectivity index (χ0) is 33.6. The fourth-order valence-electron chi connectivity index (χ4n) is 5.45. The normalized spacial score (nSPS) is 12.9. The van der Waals surface area contributed by atoms with Crippen molar-refractivity contribution < 1.29 is 19.4 Å². The Labute approximate surface area is 284 Å². The number of ether oxygens (including phenoxy) is 1. The van der Waals surface area contributed by atoms with Gasteiger partial charge in [0.15, 0.2) is 0 Å². The van der Waals surface area contributed by atoms with E-state index >= 15 is 0 Å². The number of esters is 1. The van der Waals surface area contributed by atoms with E-state index < -0.39 is 5.97 Å². The number of carboxylic acids is 1. The standard InChI is InChI=1S/C42H72O4/c1-3-5-7-9-10-11-12-13-14-15-16-17-21-24-27-31-35-39-42(45)46-40(36-32-28-8-6-4-2)37-33-29-25-22-19-18-20-23-26-30-34-38-41(43)44/h5,7,10-11,13-14,16-17,24,27,40H,3-4,6,8-9,12,15,18-23,25-26,28-39H2,1-2H3,(H,43,44)/b7-5-,11-10-,14-13-,17-16-,27-24-. The second-order valence-electron chi connectivity index (χ2n) is 12.7. The molecule has 0 aliphatic rings. The minimum atomic E-state index is -0.676. The molecule has 0 bridgehead atoms. The zero-order valence-corrected chi connectivity index (χ0v) is 30.1. The van der Waals surface area contributed by atoms with Gasteiger partial charge in [-0.25, -0.2) is 0 Å². The molecule has 0 rings (SSSR count). The molecule has 0 aliphatic carbocycles. The average molecular weight is 641 g/mol. The molecule has 0 spiro atoms. The molecule has 0 aliphatic heterocycles. The van der Waals surface area contributed by atoms with E-state index in [1.54, 1.807) is 0 Å². The van der Waals surface area contributed by atoms with Gasteiger partial charge in [-0.1, -0.05) is 158 Å². The van der Waals surface area contributed by atoms with E-state index in [1.807, 2.05) is 0 Å². The lowest BCUT2D eigenvalue weighted by atomic mass is 10.0. The first kappa shape index (κ1) is 43.6. The maximum atomic E-state index is 12.6. The van der Waals surface area contributed by atoms with Crippen molar-refractivity contribution >= 4 is 11.9 Å². The van der Waals surface area contributed by atoms with Crippen LogP contribution in [0.4, 0.5) is 0 Å². The number of rotatable bonds is 34. The van der Waals surface area contributed by atoms with E-state index in [4.69, 9.17) is 9.84 Å². The number of unbranched alkanes of at least 4 members (excludes halogenated alkanes) is 15. The SMILES string of the molecule is CC/C=C\C/C=C\C/C=C\C/C=C\C/C=C\CCCC(=O)OC(CCCCCCC)CCCCCCCCCCCCCC(=O)O. The first-order valence-electron chi connectivity index (χ1n) is 19.3. The summed E-state index contributed by atoms with van der Waals surface area (Å²) in [5.74, 6) is -0.696. The number of allylic oxidation sites excluding steroid dienone is 10. The van der Waals surface area contributed by atoms with E-state index in [2.05, 4.69) is 74.6 Å². The van der Waals surface area contributed by atoms with Crippen LogP contribution in [-0.2, 0) is 14.3 Å². The van der Waals surface area contributed by atoms with E-state index in [1.165, 1.54) is 70.6 Å². The van der Waals surface area contributed by atoms with E-state index in [9.17, 15) is 9.59 Å². The third kappa shape index (κ3) is 36.1. The van der Waals surface area contributed by atoms with Crippen molar-refractivity contribution in [1.29, 1.82) is 0 Å². The van der Waals surface area contributed by atoms with Crippen molar-refractivity contribution in [1.82, 2.24) is 0 Å². The number of hydrogen-bond acceptors (Lipinski definition) is 3. The summed E-state index contributed by atoms with van der Waals surface area (Å²) in [6, 6.07) is 0. The highest BCUT2D eigenvalue weighted by Gasteiger charge is 2.14. The van der Waals surface area contributed by atoms with Gasteiger partial charge >= 0.3 is 11.9 Å². The van der Waals surface area contributed by atoms with Gasteiger partial charge in [-0.3, -0.25) is 9.59 Å². The minimum Gasteiger partial charge on any atom is -0.481 e. The highest BCUT2D eigenvalue weighted by Crippen LogP contribution is 2.18. The molecule has 264 valence electrons. The summed E-state index contributed by atoms with van der Waals surface area (Å²) in [6.45, 7) is 4.40. The van der Waals surface area contributed by atoms with Crippen LogP contribution in [0.25, 0.3) is 0 Å². The van der Waals surface area contributed by atoms with Crippen LogP contribution in [-0.4, -0.2) is 23.1 Å². The Morgan fingerprint density at radius 2 is 0.913 bits per heavy atom. The predicted molar refractivity (Wildman–Crippen MR) is 199 cm³/mol. The third-order valence-corrected chi connectivity index (χ3v) is 8.25. The number of carbonyl (C=O) groups excluding carboxylic acids is 1. The van der Waals surface area contributed by atoms with Gasteiger partial charge in [-0.2, -0.15) is 0 Å². The molecule has 0 radical (unpaired) electrons. The summed E-state index contributed by atoms with van der Waals surface area (Å²) in [7, 11) is 0. The first-order chi connectivity index (χ1) is 22.6. The van der Waals surface area contributed by atoms with Crippen molar-refractivity contribution in [2.75, 3.05) is 0 Å². The smallest absolute Gasteiger partial charge is 0.306 e. The molecule has 0 heterocycles. The molecule has 0 aromatic heterocycles. The minimum absolute atomic E-state index is 0.0196. The lowest BCUT2D eigenvalue weighted by molar-refractivity contribution is -0.150. The largest absolute Gasteiger partial charge is 0.481 e. The molecular weight excluding hydrogens is 568 g/mol. The Balaban J connectivity index is 4.02. The molecule has 0 amide bonds. The summed E-state index contributed by atoms with van der Waals surface area (Å²) in [5, 5.41) is 8.69. The quantitative estimate of drug-likeness (QED) is 0.0432. The van der Waals surface area contributed by atoms with Crippen LogP contribution in [0.3, 0.4) is 0 Å². The van der Waals surface area contributed by atoms with Crippen LogP contribution in [0.15, 0.2) is 60.8 Å². The lowest BCUT2D eigenvalue weighted by Gasteiger charge is -2.18. The molecule has 46 heavy (non-hydrogen) atoms. The van der Waals surface area contributed by atoms with E-state index in [-0.39, 0.29) is 12.1 Å². The van der Waals surface area contributed by atoms with Crippen LogP contribution in [0.2, 0.25) is 0 Å². The van der Waals surface area contributed by atoms with Crippen LogP contribution in [0.5, 0.6) is 0 Å². The Bertz CT molecular complexity index is 820. The monoisotopic (exact) mass is 641 g/mol. The molecule has 1 atom stereocenters. The number of hydrogen-bond donors (Lipinski definition) is 1. The van der Waals surface area contributed by atoms with Crippen LogP contribution < -0.4 is 0 Å². The van der Waals surface area contributed by atoms with Gasteiger partial charge in [-0.05, 0) is 77.0 Å². The van der Waals surface area contributed by atoms with Gasteiger partial charge in [0, 0.05) is 12.8 Å². The Hall–Kier alpha value is -2.36. The molecular formula is C42H72O4. The molecule has 1 N–H and O–H groups in total. The van der Waals surface area contributed by atoms with Crippen molar-refractivity contribution in [2.45, 2.75) is 193 Å². The number of carbonyl (C=O) groups is 2. The summed E-state index contributed by atoms with van der Waals surface area (Å²) >= 11 is 0. The molecule has 0 aromatic carbocycles. The van der Waals surface area contributed by atoms with Crippen LogP contribution in [0, 0.1) is 0 Å². The summed E-state index contributed by atoms with van der Waals surface area (Å²) in [5.41, 5.74) is 0. The zero-order valence-electron chi connectivity index (χ0n) is 30.1. The maximum Gasteiger partial charge on any atom is 0.306 e. The van der Waals surface area contributed by atoms with Crippen molar-refractivity contribution in [3.8, 4) is 0 Å². The van der Waals surface area contributed by atoms with Gasteiger partial charge in [0.05, 0.1) is 0 Å². The second-order valence-corrected chi connectivity index (χ2v) is 12.7. The van der Waals surface area contributed by atoms with E-state index in [0.717, 1.165) is 89.9 Å². The predicted octanol–water partition coefficient (Wildman–Crippen LogP) is 13.3. The molecule has 0 saturated carbocycles. The van der Waals surface area contributed by atoms with Crippen molar-refractivity contribution in [3.05, 3.63) is 60.8 Å². The Morgan fingerprint density at radius 3 is 1.37 bits per heavy atom. The molecule has 0 fully saturated rings.